The van der Waals surface area contributed by atoms with Gasteiger partial charge in [0.05, 0.1) is 6.42 Å². The summed E-state index contributed by atoms with van der Waals surface area (Å²) in [7, 11) is 0. The van der Waals surface area contributed by atoms with Gasteiger partial charge in [0, 0.05) is 21.8 Å². The molecule has 2 rings (SSSR count). The average molecular weight is 379 g/mol. The summed E-state index contributed by atoms with van der Waals surface area (Å²) < 4.78 is 18.7. The molecule has 0 saturated carbocycles. The first-order valence-corrected chi connectivity index (χ1v) is 7.99. The molecule has 0 fully saturated rings. The first-order valence-electron chi connectivity index (χ1n) is 7.61. The van der Waals surface area contributed by atoms with E-state index in [1.165, 1.54) is 49.4 Å². The molecule has 3 N–H and O–H groups in total. The maximum absolute atomic E-state index is 13.7. The minimum atomic E-state index is -1.11. The van der Waals surface area contributed by atoms with E-state index in [4.69, 9.17) is 22.1 Å². The molecule has 0 saturated heterocycles. The molecule has 2 aromatic rings. The van der Waals surface area contributed by atoms with Crippen LogP contribution in [0.5, 0.6) is 0 Å². The number of rotatable bonds is 6. The van der Waals surface area contributed by atoms with E-state index < -0.39 is 36.1 Å². The number of hydrogen-bond donors (Lipinski definition) is 2. The van der Waals surface area contributed by atoms with Crippen molar-refractivity contribution in [2.24, 2.45) is 5.73 Å². The minimum Gasteiger partial charge on any atom is -0.452 e. The van der Waals surface area contributed by atoms with Gasteiger partial charge in [-0.1, -0.05) is 17.7 Å². The van der Waals surface area contributed by atoms with Crippen molar-refractivity contribution >= 4 is 35.1 Å². The lowest BCUT2D eigenvalue weighted by Gasteiger charge is -2.14. The maximum atomic E-state index is 13.7. The highest BCUT2D eigenvalue weighted by Crippen LogP contribution is 2.20. The predicted molar refractivity (Wildman–Crippen MR) is 94.3 cm³/mol. The van der Waals surface area contributed by atoms with Crippen molar-refractivity contribution in [2.45, 2.75) is 19.4 Å². The van der Waals surface area contributed by atoms with E-state index in [-0.39, 0.29) is 10.6 Å². The summed E-state index contributed by atoms with van der Waals surface area (Å²) in [5, 5.41) is 2.64. The Kier molecular flexibility index (Phi) is 6.30. The minimum absolute atomic E-state index is 0.00816. The van der Waals surface area contributed by atoms with Crippen LogP contribution in [-0.4, -0.2) is 23.9 Å². The van der Waals surface area contributed by atoms with Gasteiger partial charge in [0.2, 0.25) is 5.91 Å². The Morgan fingerprint density at radius 3 is 2.42 bits per heavy atom. The highest BCUT2D eigenvalue weighted by Gasteiger charge is 2.20. The first kappa shape index (κ1) is 19.4. The molecule has 0 aromatic heterocycles. The predicted octanol–water partition coefficient (Wildman–Crippen LogP) is 2.69. The fraction of sp³-hybridized carbons (Fsp3) is 0.167. The maximum Gasteiger partial charge on any atom is 0.311 e. The van der Waals surface area contributed by atoms with Crippen LogP contribution in [0.15, 0.2) is 42.5 Å². The monoisotopic (exact) mass is 378 g/mol. The van der Waals surface area contributed by atoms with Crippen LogP contribution >= 0.6 is 11.6 Å². The Balaban J connectivity index is 1.93. The molecular weight excluding hydrogens is 363 g/mol. The molecule has 2 aromatic carbocycles. The van der Waals surface area contributed by atoms with Gasteiger partial charge < -0.3 is 15.8 Å². The number of halogens is 2. The second-order valence-electron chi connectivity index (χ2n) is 5.44. The number of carbonyl (C=O) groups is 3. The molecule has 0 bridgehead atoms. The van der Waals surface area contributed by atoms with Crippen molar-refractivity contribution in [2.75, 3.05) is 5.32 Å². The number of nitrogens with two attached hydrogens (primary N) is 1. The van der Waals surface area contributed by atoms with Crippen molar-refractivity contribution in [3.8, 4) is 0 Å². The Bertz CT molecular complexity index is 819. The molecule has 0 aliphatic rings. The standard InChI is InChI=1S/C18H16ClFN2O4/c1-10(18(25)22-12-7-5-11(6-8-12)17(21)24)26-16(23)9-13-14(19)3-2-4-15(13)20/h2-8,10H,9H2,1H3,(H2,21,24)(H,22,25)/t10-/m0/s1. The average Bonchev–Trinajstić information content (AvgIpc) is 2.58. The summed E-state index contributed by atoms with van der Waals surface area (Å²) in [4.78, 5) is 35.0. The number of benzene rings is 2. The largest absolute Gasteiger partial charge is 0.452 e. The third kappa shape index (κ3) is 5.03. The Morgan fingerprint density at radius 2 is 1.85 bits per heavy atom. The normalized spacial score (nSPS) is 11.5. The molecule has 0 unspecified atom stereocenters. The van der Waals surface area contributed by atoms with E-state index in [1.54, 1.807) is 0 Å². The van der Waals surface area contributed by atoms with Gasteiger partial charge in [-0.2, -0.15) is 0 Å². The van der Waals surface area contributed by atoms with Gasteiger partial charge in [-0.3, -0.25) is 14.4 Å². The molecule has 0 spiro atoms. The summed E-state index contributed by atoms with van der Waals surface area (Å²) in [6.07, 6.45) is -1.50. The summed E-state index contributed by atoms with van der Waals surface area (Å²) in [6.45, 7) is 1.38. The quantitative estimate of drug-likeness (QED) is 0.755. The Labute approximate surface area is 154 Å². The molecule has 0 heterocycles. The van der Waals surface area contributed by atoms with E-state index in [0.29, 0.717) is 11.3 Å². The van der Waals surface area contributed by atoms with Crippen molar-refractivity contribution in [1.29, 1.82) is 0 Å². The molecule has 2 amide bonds. The number of ether oxygens (including phenoxy) is 1. The van der Waals surface area contributed by atoms with Gasteiger partial charge in [0.25, 0.3) is 5.91 Å². The van der Waals surface area contributed by atoms with E-state index in [9.17, 15) is 18.8 Å². The summed E-state index contributed by atoms with van der Waals surface area (Å²) in [5.74, 6) is -2.58. The lowest BCUT2D eigenvalue weighted by molar-refractivity contribution is -0.152. The lowest BCUT2D eigenvalue weighted by Crippen LogP contribution is -2.30. The van der Waals surface area contributed by atoms with Crippen LogP contribution in [0, 0.1) is 5.82 Å². The summed E-state index contributed by atoms with van der Waals surface area (Å²) >= 11 is 5.86. The molecular formula is C18H16ClFN2O4. The van der Waals surface area contributed by atoms with E-state index in [1.807, 2.05) is 0 Å². The van der Waals surface area contributed by atoms with Crippen LogP contribution in [0.2, 0.25) is 5.02 Å². The molecule has 6 nitrogen and oxygen atoms in total. The van der Waals surface area contributed by atoms with Gasteiger partial charge in [0.15, 0.2) is 6.10 Å². The van der Waals surface area contributed by atoms with Gasteiger partial charge in [-0.15, -0.1) is 0 Å². The fourth-order valence-corrected chi connectivity index (χ4v) is 2.33. The molecule has 1 atom stereocenters. The van der Waals surface area contributed by atoms with Crippen molar-refractivity contribution in [3.63, 3.8) is 0 Å². The molecule has 0 aliphatic carbocycles. The smallest absolute Gasteiger partial charge is 0.311 e. The van der Waals surface area contributed by atoms with Crippen LogP contribution in [-0.2, 0) is 20.7 Å². The highest BCUT2D eigenvalue weighted by molar-refractivity contribution is 6.31. The lowest BCUT2D eigenvalue weighted by atomic mass is 10.1. The highest BCUT2D eigenvalue weighted by atomic mass is 35.5. The van der Waals surface area contributed by atoms with Crippen molar-refractivity contribution in [3.05, 3.63) is 64.4 Å². The first-order chi connectivity index (χ1) is 12.3. The number of nitrogens with one attached hydrogen (secondary N) is 1. The third-order valence-corrected chi connectivity index (χ3v) is 3.85. The zero-order valence-electron chi connectivity index (χ0n) is 13.8. The Hall–Kier alpha value is -2.93. The number of amides is 2. The van der Waals surface area contributed by atoms with Crippen LogP contribution in [0.4, 0.5) is 10.1 Å². The number of carbonyl (C=O) groups excluding carboxylic acids is 3. The van der Waals surface area contributed by atoms with Crippen LogP contribution in [0.25, 0.3) is 0 Å². The van der Waals surface area contributed by atoms with Gasteiger partial charge in [-0.05, 0) is 43.3 Å². The van der Waals surface area contributed by atoms with E-state index in [0.717, 1.165) is 0 Å². The van der Waals surface area contributed by atoms with Crippen LogP contribution < -0.4 is 11.1 Å². The van der Waals surface area contributed by atoms with Gasteiger partial charge >= 0.3 is 5.97 Å². The van der Waals surface area contributed by atoms with Gasteiger partial charge in [-0.25, -0.2) is 4.39 Å². The molecule has 26 heavy (non-hydrogen) atoms. The zero-order chi connectivity index (χ0) is 19.3. The van der Waals surface area contributed by atoms with Crippen molar-refractivity contribution < 1.29 is 23.5 Å². The zero-order valence-corrected chi connectivity index (χ0v) is 14.5. The molecule has 0 aliphatic heterocycles. The van der Waals surface area contributed by atoms with Crippen molar-refractivity contribution in [1.82, 2.24) is 0 Å². The summed E-state index contributed by atoms with van der Waals surface area (Å²) in [5.41, 5.74) is 5.84. The number of esters is 1. The number of hydrogen-bond acceptors (Lipinski definition) is 4. The number of anilines is 1. The Morgan fingerprint density at radius 1 is 1.19 bits per heavy atom. The fourth-order valence-electron chi connectivity index (χ4n) is 2.10. The topological polar surface area (TPSA) is 98.5 Å². The summed E-state index contributed by atoms with van der Waals surface area (Å²) in [6, 6.07) is 9.95. The molecule has 136 valence electrons. The molecule has 8 heteroatoms. The second kappa shape index (κ2) is 8.44. The van der Waals surface area contributed by atoms with E-state index in [2.05, 4.69) is 5.32 Å². The number of primary amides is 1. The SMILES string of the molecule is C[C@H](OC(=O)Cc1c(F)cccc1Cl)C(=O)Nc1ccc(C(N)=O)cc1. The molecule has 0 radical (unpaired) electrons. The van der Waals surface area contributed by atoms with Crippen LogP contribution in [0.3, 0.4) is 0 Å². The van der Waals surface area contributed by atoms with Crippen LogP contribution in [0.1, 0.15) is 22.8 Å². The van der Waals surface area contributed by atoms with E-state index >= 15 is 0 Å². The second-order valence-corrected chi connectivity index (χ2v) is 5.85. The van der Waals surface area contributed by atoms with Gasteiger partial charge in [0.1, 0.15) is 5.82 Å². The third-order valence-electron chi connectivity index (χ3n) is 3.50.